The van der Waals surface area contributed by atoms with Crippen molar-refractivity contribution < 1.29 is 17.6 Å². The van der Waals surface area contributed by atoms with E-state index in [0.29, 0.717) is 11.6 Å². The summed E-state index contributed by atoms with van der Waals surface area (Å²) in [5, 5.41) is 4.90. The second-order valence-corrected chi connectivity index (χ2v) is 7.71. The topological polar surface area (TPSA) is 79.4 Å². The van der Waals surface area contributed by atoms with Crippen molar-refractivity contribution in [2.24, 2.45) is 0 Å². The highest BCUT2D eigenvalue weighted by Crippen LogP contribution is 2.16. The van der Waals surface area contributed by atoms with Gasteiger partial charge in [-0.25, -0.2) is 22.1 Å². The molecule has 0 aliphatic rings. The van der Waals surface area contributed by atoms with E-state index in [1.54, 1.807) is 11.6 Å². The molecule has 1 amide bonds. The number of thiazole rings is 1. The molecule has 0 fully saturated rings. The number of hydrogen-bond acceptors (Lipinski definition) is 5. The lowest BCUT2D eigenvalue weighted by molar-refractivity contribution is -0.116. The standard InChI is InChI=1S/C14H16FN3O3S2/c1-18(23(20,21)12-6-4-11(15)5-7-12)9-2-3-13(19)17-14-16-8-10-22-14/h4-8,10H,2-3,9H2,1H3,(H,16,17,19). The van der Waals surface area contributed by atoms with Crippen molar-refractivity contribution >= 4 is 32.4 Å². The molecule has 124 valence electrons. The molecule has 0 spiro atoms. The molecule has 6 nitrogen and oxygen atoms in total. The van der Waals surface area contributed by atoms with E-state index in [9.17, 15) is 17.6 Å². The van der Waals surface area contributed by atoms with Gasteiger partial charge in [-0.3, -0.25) is 4.79 Å². The maximum atomic E-state index is 12.9. The average Bonchev–Trinajstić information content (AvgIpc) is 3.00. The summed E-state index contributed by atoms with van der Waals surface area (Å²) in [6.45, 7) is 0.186. The van der Waals surface area contributed by atoms with Gasteiger partial charge in [0.1, 0.15) is 5.82 Å². The van der Waals surface area contributed by atoms with Crippen LogP contribution in [0.2, 0.25) is 0 Å². The average molecular weight is 357 g/mol. The second-order valence-electron chi connectivity index (χ2n) is 4.77. The summed E-state index contributed by atoms with van der Waals surface area (Å²) in [4.78, 5) is 15.7. The summed E-state index contributed by atoms with van der Waals surface area (Å²) in [5.74, 6) is -0.710. The van der Waals surface area contributed by atoms with Crippen LogP contribution in [0.1, 0.15) is 12.8 Å². The number of nitrogens with zero attached hydrogens (tertiary/aromatic N) is 2. The van der Waals surface area contributed by atoms with E-state index < -0.39 is 15.8 Å². The van der Waals surface area contributed by atoms with E-state index in [1.165, 1.54) is 30.5 Å². The van der Waals surface area contributed by atoms with Crippen molar-refractivity contribution in [2.75, 3.05) is 18.9 Å². The SMILES string of the molecule is CN(CCCC(=O)Nc1nccs1)S(=O)(=O)c1ccc(F)cc1. The Morgan fingerprint density at radius 1 is 1.35 bits per heavy atom. The first kappa shape index (κ1) is 17.5. The number of sulfonamides is 1. The minimum Gasteiger partial charge on any atom is -0.302 e. The van der Waals surface area contributed by atoms with Gasteiger partial charge in [0.25, 0.3) is 0 Å². The maximum Gasteiger partial charge on any atom is 0.242 e. The van der Waals surface area contributed by atoms with Crippen molar-refractivity contribution in [3.05, 3.63) is 41.7 Å². The summed E-state index contributed by atoms with van der Waals surface area (Å²) < 4.78 is 38.6. The molecular formula is C14H16FN3O3S2. The van der Waals surface area contributed by atoms with Crippen LogP contribution in [-0.2, 0) is 14.8 Å². The van der Waals surface area contributed by atoms with E-state index >= 15 is 0 Å². The monoisotopic (exact) mass is 357 g/mol. The van der Waals surface area contributed by atoms with E-state index in [0.717, 1.165) is 16.4 Å². The summed E-state index contributed by atoms with van der Waals surface area (Å²) in [7, 11) is -2.25. The highest BCUT2D eigenvalue weighted by atomic mass is 32.2. The van der Waals surface area contributed by atoms with Crippen LogP contribution >= 0.6 is 11.3 Å². The molecule has 0 atom stereocenters. The first-order chi connectivity index (χ1) is 10.9. The largest absolute Gasteiger partial charge is 0.302 e. The molecule has 1 heterocycles. The fraction of sp³-hybridized carbons (Fsp3) is 0.286. The van der Waals surface area contributed by atoms with Crippen LogP contribution in [0.4, 0.5) is 9.52 Å². The Kier molecular flexibility index (Phi) is 5.80. The van der Waals surface area contributed by atoms with Crippen molar-refractivity contribution in [3.8, 4) is 0 Å². The molecular weight excluding hydrogens is 341 g/mol. The van der Waals surface area contributed by atoms with E-state index in [2.05, 4.69) is 10.3 Å². The number of nitrogens with one attached hydrogen (secondary N) is 1. The molecule has 1 aromatic carbocycles. The van der Waals surface area contributed by atoms with Gasteiger partial charge in [-0.2, -0.15) is 0 Å². The minimum atomic E-state index is -3.68. The molecule has 0 saturated carbocycles. The number of amides is 1. The number of anilines is 1. The molecule has 23 heavy (non-hydrogen) atoms. The van der Waals surface area contributed by atoms with Gasteiger partial charge in [0.2, 0.25) is 15.9 Å². The Bertz CT molecular complexity index is 746. The van der Waals surface area contributed by atoms with Crippen LogP contribution in [0.5, 0.6) is 0 Å². The van der Waals surface area contributed by atoms with Crippen LogP contribution in [-0.4, -0.2) is 37.2 Å². The van der Waals surface area contributed by atoms with Crippen molar-refractivity contribution in [1.29, 1.82) is 0 Å². The third-order valence-electron chi connectivity index (χ3n) is 3.08. The van der Waals surface area contributed by atoms with Gasteiger partial charge in [-0.1, -0.05) is 0 Å². The quantitative estimate of drug-likeness (QED) is 0.825. The van der Waals surface area contributed by atoms with Gasteiger partial charge >= 0.3 is 0 Å². The van der Waals surface area contributed by atoms with Crippen LogP contribution in [0.25, 0.3) is 0 Å². The first-order valence-electron chi connectivity index (χ1n) is 6.81. The molecule has 2 rings (SSSR count). The zero-order valence-electron chi connectivity index (χ0n) is 12.4. The molecule has 9 heteroatoms. The summed E-state index contributed by atoms with van der Waals surface area (Å²) in [5.41, 5.74) is 0. The van der Waals surface area contributed by atoms with Crippen molar-refractivity contribution in [3.63, 3.8) is 0 Å². The van der Waals surface area contributed by atoms with Gasteiger partial charge in [0, 0.05) is 31.6 Å². The van der Waals surface area contributed by atoms with E-state index in [-0.39, 0.29) is 23.8 Å². The number of aromatic nitrogens is 1. The molecule has 1 N–H and O–H groups in total. The molecule has 1 aromatic heterocycles. The number of rotatable bonds is 7. The second kappa shape index (κ2) is 7.62. The Hall–Kier alpha value is -1.84. The van der Waals surface area contributed by atoms with Crippen molar-refractivity contribution in [1.82, 2.24) is 9.29 Å². The number of carbonyl (C=O) groups excluding carboxylic acids is 1. The third-order valence-corrected chi connectivity index (χ3v) is 5.64. The summed E-state index contributed by atoms with van der Waals surface area (Å²) >= 11 is 1.31. The Balaban J connectivity index is 1.85. The highest BCUT2D eigenvalue weighted by Gasteiger charge is 2.20. The Morgan fingerprint density at radius 2 is 2.04 bits per heavy atom. The fourth-order valence-electron chi connectivity index (χ4n) is 1.84. The molecule has 2 aromatic rings. The molecule has 0 bridgehead atoms. The maximum absolute atomic E-state index is 12.9. The Labute approximate surface area is 138 Å². The predicted octanol–water partition coefficient (Wildman–Crippen LogP) is 2.32. The van der Waals surface area contributed by atoms with Gasteiger partial charge in [-0.05, 0) is 30.7 Å². The number of carbonyl (C=O) groups is 1. The summed E-state index contributed by atoms with van der Waals surface area (Å²) in [6, 6.07) is 4.64. The fourth-order valence-corrected chi connectivity index (χ4v) is 3.59. The lowest BCUT2D eigenvalue weighted by Crippen LogP contribution is -2.28. The molecule has 0 aliphatic carbocycles. The Morgan fingerprint density at radius 3 is 2.65 bits per heavy atom. The predicted molar refractivity (Wildman–Crippen MR) is 86.2 cm³/mol. The van der Waals surface area contributed by atoms with Gasteiger partial charge in [0.15, 0.2) is 5.13 Å². The highest BCUT2D eigenvalue weighted by molar-refractivity contribution is 7.89. The first-order valence-corrected chi connectivity index (χ1v) is 9.13. The normalized spacial score (nSPS) is 11.6. The smallest absolute Gasteiger partial charge is 0.242 e. The zero-order valence-corrected chi connectivity index (χ0v) is 14.0. The lowest BCUT2D eigenvalue weighted by atomic mass is 10.3. The van der Waals surface area contributed by atoms with Crippen LogP contribution in [0, 0.1) is 5.82 Å². The molecule has 0 unspecified atom stereocenters. The molecule has 0 aliphatic heterocycles. The summed E-state index contributed by atoms with van der Waals surface area (Å²) in [6.07, 6.45) is 2.14. The molecule has 0 radical (unpaired) electrons. The number of hydrogen-bond donors (Lipinski definition) is 1. The van der Waals surface area contributed by atoms with Crippen LogP contribution in [0.15, 0.2) is 40.7 Å². The van der Waals surface area contributed by atoms with E-state index in [1.807, 2.05) is 0 Å². The van der Waals surface area contributed by atoms with Gasteiger partial charge in [0.05, 0.1) is 4.90 Å². The zero-order chi connectivity index (χ0) is 16.9. The van der Waals surface area contributed by atoms with E-state index in [4.69, 9.17) is 0 Å². The van der Waals surface area contributed by atoms with Gasteiger partial charge < -0.3 is 5.32 Å². The number of benzene rings is 1. The molecule has 0 saturated heterocycles. The third kappa shape index (κ3) is 4.81. The minimum absolute atomic E-state index is 0.0219. The van der Waals surface area contributed by atoms with Crippen molar-refractivity contribution in [2.45, 2.75) is 17.7 Å². The lowest BCUT2D eigenvalue weighted by Gasteiger charge is -2.16. The van der Waals surface area contributed by atoms with Crippen LogP contribution < -0.4 is 5.32 Å². The number of halogens is 1. The van der Waals surface area contributed by atoms with Crippen LogP contribution in [0.3, 0.4) is 0 Å². The van der Waals surface area contributed by atoms with Gasteiger partial charge in [-0.15, -0.1) is 11.3 Å².